The van der Waals surface area contributed by atoms with Gasteiger partial charge in [-0.25, -0.2) is 0 Å². The maximum absolute atomic E-state index is 11.0. The van der Waals surface area contributed by atoms with Gasteiger partial charge < -0.3 is 10.4 Å². The molecule has 2 N–H and O–H groups in total. The first-order chi connectivity index (χ1) is 7.15. The van der Waals surface area contributed by atoms with Gasteiger partial charge in [-0.15, -0.1) is 0 Å². The van der Waals surface area contributed by atoms with Crippen LogP contribution in [0.3, 0.4) is 0 Å². The number of carboxylic acid groups (broad SMARTS) is 1. The van der Waals surface area contributed by atoms with Crippen LogP contribution in [0.15, 0.2) is 0 Å². The zero-order valence-corrected chi connectivity index (χ0v) is 9.70. The van der Waals surface area contributed by atoms with Crippen LogP contribution in [-0.2, 0) is 4.79 Å². The summed E-state index contributed by atoms with van der Waals surface area (Å²) in [6, 6.07) is 0.445. The lowest BCUT2D eigenvalue weighted by Gasteiger charge is -2.27. The lowest BCUT2D eigenvalue weighted by atomic mass is 10.1. The molecule has 15 heavy (non-hydrogen) atoms. The van der Waals surface area contributed by atoms with Crippen molar-refractivity contribution >= 4 is 5.97 Å². The maximum Gasteiger partial charge on any atom is 0.309 e. The standard InChI is InChI=1S/C11H22N2O2/c1-3-4-5-13-8-10(11(14)15)7-12-6-9(13)2/h9-10,12H,3-8H2,1-2H3,(H,14,15). The minimum absolute atomic E-state index is 0.258. The van der Waals surface area contributed by atoms with Gasteiger partial charge in [0.15, 0.2) is 0 Å². The normalized spacial score (nSPS) is 28.7. The Balaban J connectivity index is 2.52. The zero-order chi connectivity index (χ0) is 11.3. The van der Waals surface area contributed by atoms with Gasteiger partial charge in [0.2, 0.25) is 0 Å². The van der Waals surface area contributed by atoms with E-state index in [1.54, 1.807) is 0 Å². The number of carboxylic acids is 1. The molecule has 0 aromatic carbocycles. The van der Waals surface area contributed by atoms with Crippen molar-refractivity contribution in [1.82, 2.24) is 10.2 Å². The Hall–Kier alpha value is -0.610. The van der Waals surface area contributed by atoms with E-state index in [9.17, 15) is 4.79 Å². The topological polar surface area (TPSA) is 52.6 Å². The first kappa shape index (κ1) is 12.5. The van der Waals surface area contributed by atoms with Crippen LogP contribution in [0, 0.1) is 5.92 Å². The van der Waals surface area contributed by atoms with Gasteiger partial charge in [0.25, 0.3) is 0 Å². The van der Waals surface area contributed by atoms with E-state index in [0.29, 0.717) is 19.1 Å². The fraction of sp³-hybridized carbons (Fsp3) is 0.909. The fourth-order valence-electron chi connectivity index (χ4n) is 1.96. The molecule has 0 radical (unpaired) electrons. The van der Waals surface area contributed by atoms with Gasteiger partial charge in [-0.05, 0) is 19.9 Å². The van der Waals surface area contributed by atoms with Crippen LogP contribution in [0.4, 0.5) is 0 Å². The van der Waals surface area contributed by atoms with Crippen LogP contribution >= 0.6 is 0 Å². The van der Waals surface area contributed by atoms with Gasteiger partial charge in [0, 0.05) is 25.7 Å². The Labute approximate surface area is 91.6 Å². The maximum atomic E-state index is 11.0. The third kappa shape index (κ3) is 3.80. The molecule has 1 fully saturated rings. The number of carbonyl (C=O) groups is 1. The highest BCUT2D eigenvalue weighted by Crippen LogP contribution is 2.10. The molecule has 0 aromatic heterocycles. The molecule has 0 aromatic rings. The number of rotatable bonds is 4. The van der Waals surface area contributed by atoms with E-state index in [4.69, 9.17) is 5.11 Å². The third-order valence-electron chi connectivity index (χ3n) is 3.06. The molecule has 1 aliphatic heterocycles. The first-order valence-corrected chi connectivity index (χ1v) is 5.82. The molecule has 4 nitrogen and oxygen atoms in total. The van der Waals surface area contributed by atoms with E-state index < -0.39 is 5.97 Å². The van der Waals surface area contributed by atoms with Crippen molar-refractivity contribution in [2.75, 3.05) is 26.2 Å². The molecule has 1 rings (SSSR count). The van der Waals surface area contributed by atoms with Crippen LogP contribution in [-0.4, -0.2) is 48.2 Å². The minimum Gasteiger partial charge on any atom is -0.481 e. The highest BCUT2D eigenvalue weighted by molar-refractivity contribution is 5.70. The Morgan fingerprint density at radius 3 is 2.87 bits per heavy atom. The van der Waals surface area contributed by atoms with Crippen LogP contribution in [0.5, 0.6) is 0 Å². The average Bonchev–Trinajstić information content (AvgIpc) is 2.37. The Kier molecular flexibility index (Phi) is 5.05. The van der Waals surface area contributed by atoms with Crippen LogP contribution in [0.2, 0.25) is 0 Å². The van der Waals surface area contributed by atoms with Gasteiger partial charge in [-0.1, -0.05) is 13.3 Å². The van der Waals surface area contributed by atoms with E-state index in [-0.39, 0.29) is 5.92 Å². The van der Waals surface area contributed by atoms with Crippen LogP contribution < -0.4 is 5.32 Å². The molecule has 1 aliphatic rings. The van der Waals surface area contributed by atoms with Gasteiger partial charge in [0.1, 0.15) is 0 Å². The van der Waals surface area contributed by atoms with Crippen molar-refractivity contribution < 1.29 is 9.90 Å². The SMILES string of the molecule is CCCCN1CC(C(=O)O)CNCC1C. The highest BCUT2D eigenvalue weighted by Gasteiger charge is 2.26. The van der Waals surface area contributed by atoms with Crippen molar-refractivity contribution in [3.63, 3.8) is 0 Å². The van der Waals surface area contributed by atoms with Gasteiger partial charge >= 0.3 is 5.97 Å². The molecule has 88 valence electrons. The molecule has 0 aliphatic carbocycles. The number of unbranched alkanes of at least 4 members (excludes halogenated alkanes) is 1. The second kappa shape index (κ2) is 6.08. The Morgan fingerprint density at radius 2 is 2.27 bits per heavy atom. The fourth-order valence-corrected chi connectivity index (χ4v) is 1.96. The molecule has 0 amide bonds. The van der Waals surface area contributed by atoms with Crippen molar-refractivity contribution in [3.8, 4) is 0 Å². The number of aliphatic carboxylic acids is 1. The quantitative estimate of drug-likeness (QED) is 0.726. The summed E-state index contributed by atoms with van der Waals surface area (Å²) in [5.74, 6) is -0.940. The summed E-state index contributed by atoms with van der Waals surface area (Å²) in [6.07, 6.45) is 2.31. The summed E-state index contributed by atoms with van der Waals surface area (Å²) in [7, 11) is 0. The largest absolute Gasteiger partial charge is 0.481 e. The van der Waals surface area contributed by atoms with E-state index >= 15 is 0 Å². The molecule has 0 saturated carbocycles. The highest BCUT2D eigenvalue weighted by atomic mass is 16.4. The summed E-state index contributed by atoms with van der Waals surface area (Å²) in [5, 5.41) is 12.2. The second-order valence-corrected chi connectivity index (χ2v) is 4.39. The second-order valence-electron chi connectivity index (χ2n) is 4.39. The van der Waals surface area contributed by atoms with Crippen LogP contribution in [0.1, 0.15) is 26.7 Å². The summed E-state index contributed by atoms with van der Waals surface area (Å²) < 4.78 is 0. The Bertz CT molecular complexity index is 209. The van der Waals surface area contributed by atoms with Crippen molar-refractivity contribution in [3.05, 3.63) is 0 Å². The smallest absolute Gasteiger partial charge is 0.309 e. The summed E-state index contributed by atoms with van der Waals surface area (Å²) in [5.41, 5.74) is 0. The predicted octanol–water partition coefficient (Wildman–Crippen LogP) is 0.781. The molecule has 1 heterocycles. The van der Waals surface area contributed by atoms with E-state index in [1.165, 1.54) is 0 Å². The van der Waals surface area contributed by atoms with Crippen molar-refractivity contribution in [2.24, 2.45) is 5.92 Å². The van der Waals surface area contributed by atoms with Crippen molar-refractivity contribution in [1.29, 1.82) is 0 Å². The molecule has 0 bridgehead atoms. The van der Waals surface area contributed by atoms with Gasteiger partial charge in [-0.2, -0.15) is 0 Å². The first-order valence-electron chi connectivity index (χ1n) is 5.82. The summed E-state index contributed by atoms with van der Waals surface area (Å²) in [6.45, 7) is 7.52. The minimum atomic E-state index is -0.682. The summed E-state index contributed by atoms with van der Waals surface area (Å²) >= 11 is 0. The zero-order valence-electron chi connectivity index (χ0n) is 9.70. The monoisotopic (exact) mass is 214 g/mol. The molecular formula is C11H22N2O2. The van der Waals surface area contributed by atoms with E-state index in [2.05, 4.69) is 24.1 Å². The van der Waals surface area contributed by atoms with E-state index in [0.717, 1.165) is 25.9 Å². The van der Waals surface area contributed by atoms with Crippen molar-refractivity contribution in [2.45, 2.75) is 32.7 Å². The van der Waals surface area contributed by atoms with Gasteiger partial charge in [0.05, 0.1) is 5.92 Å². The molecule has 1 saturated heterocycles. The number of nitrogens with zero attached hydrogens (tertiary/aromatic N) is 1. The average molecular weight is 214 g/mol. The molecule has 2 unspecified atom stereocenters. The number of hydrogen-bond acceptors (Lipinski definition) is 3. The lowest BCUT2D eigenvalue weighted by molar-refractivity contribution is -0.142. The van der Waals surface area contributed by atoms with E-state index in [1.807, 2.05) is 0 Å². The number of nitrogens with one attached hydrogen (secondary N) is 1. The summed E-state index contributed by atoms with van der Waals surface area (Å²) in [4.78, 5) is 13.3. The van der Waals surface area contributed by atoms with Gasteiger partial charge in [-0.3, -0.25) is 9.69 Å². The van der Waals surface area contributed by atoms with Crippen LogP contribution in [0.25, 0.3) is 0 Å². The molecular weight excluding hydrogens is 192 g/mol. The lowest BCUT2D eigenvalue weighted by Crippen LogP contribution is -2.39. The number of hydrogen-bond donors (Lipinski definition) is 2. The molecule has 0 spiro atoms. The predicted molar refractivity (Wildman–Crippen MR) is 59.9 cm³/mol. The molecule has 4 heteroatoms. The Morgan fingerprint density at radius 1 is 1.53 bits per heavy atom. The third-order valence-corrected chi connectivity index (χ3v) is 3.06. The molecule has 2 atom stereocenters.